The SMILES string of the molecule is COC(=O)NC(CN)c1ccccc1. The highest BCUT2D eigenvalue weighted by atomic mass is 16.5. The van der Waals surface area contributed by atoms with Gasteiger partial charge in [0, 0.05) is 6.54 Å². The zero-order chi connectivity index (χ0) is 10.4. The lowest BCUT2D eigenvalue weighted by molar-refractivity contribution is 0.167. The zero-order valence-corrected chi connectivity index (χ0v) is 8.07. The molecule has 0 aliphatic heterocycles. The molecule has 0 bridgehead atoms. The number of carbonyl (C=O) groups is 1. The second-order valence-electron chi connectivity index (χ2n) is 2.83. The van der Waals surface area contributed by atoms with Gasteiger partial charge in [0.1, 0.15) is 0 Å². The smallest absolute Gasteiger partial charge is 0.407 e. The summed E-state index contributed by atoms with van der Waals surface area (Å²) < 4.78 is 4.50. The maximum absolute atomic E-state index is 11.0. The Hall–Kier alpha value is -1.55. The van der Waals surface area contributed by atoms with Crippen molar-refractivity contribution in [2.45, 2.75) is 6.04 Å². The van der Waals surface area contributed by atoms with E-state index in [1.54, 1.807) is 0 Å². The van der Waals surface area contributed by atoms with Crippen molar-refractivity contribution in [3.05, 3.63) is 35.9 Å². The molecule has 0 aromatic heterocycles. The minimum Gasteiger partial charge on any atom is -0.453 e. The van der Waals surface area contributed by atoms with Gasteiger partial charge in [0.05, 0.1) is 13.2 Å². The number of ether oxygens (including phenoxy) is 1. The highest BCUT2D eigenvalue weighted by Crippen LogP contribution is 2.10. The van der Waals surface area contributed by atoms with Crippen molar-refractivity contribution in [3.8, 4) is 0 Å². The van der Waals surface area contributed by atoms with E-state index >= 15 is 0 Å². The van der Waals surface area contributed by atoms with E-state index in [1.807, 2.05) is 30.3 Å². The molecular formula is C10H14N2O2. The molecule has 76 valence electrons. The Labute approximate surface area is 83.1 Å². The van der Waals surface area contributed by atoms with Gasteiger partial charge in [0.25, 0.3) is 0 Å². The Morgan fingerprint density at radius 3 is 2.64 bits per heavy atom. The molecule has 0 spiro atoms. The summed E-state index contributed by atoms with van der Waals surface area (Å²) in [5.74, 6) is 0. The summed E-state index contributed by atoms with van der Waals surface area (Å²) in [7, 11) is 1.33. The van der Waals surface area contributed by atoms with Gasteiger partial charge in [-0.15, -0.1) is 0 Å². The zero-order valence-electron chi connectivity index (χ0n) is 8.07. The van der Waals surface area contributed by atoms with Gasteiger partial charge in [-0.25, -0.2) is 4.79 Å². The number of alkyl carbamates (subject to hydrolysis) is 1. The minimum atomic E-state index is -0.468. The molecule has 1 rings (SSSR count). The molecule has 0 aliphatic carbocycles. The lowest BCUT2D eigenvalue weighted by Crippen LogP contribution is -2.33. The third-order valence-corrected chi connectivity index (χ3v) is 1.92. The number of methoxy groups -OCH3 is 1. The summed E-state index contributed by atoms with van der Waals surface area (Å²) in [5, 5.41) is 2.65. The topological polar surface area (TPSA) is 64.3 Å². The van der Waals surface area contributed by atoms with Crippen LogP contribution in [0.15, 0.2) is 30.3 Å². The van der Waals surface area contributed by atoms with Crippen molar-refractivity contribution in [1.82, 2.24) is 5.32 Å². The molecule has 3 N–H and O–H groups in total. The van der Waals surface area contributed by atoms with Crippen molar-refractivity contribution in [2.75, 3.05) is 13.7 Å². The standard InChI is InChI=1S/C10H14N2O2/c1-14-10(13)12-9(7-11)8-5-3-2-4-6-8/h2-6,9H,7,11H2,1H3,(H,12,13). The average Bonchev–Trinajstić information content (AvgIpc) is 2.26. The molecule has 0 radical (unpaired) electrons. The first kappa shape index (κ1) is 10.5. The van der Waals surface area contributed by atoms with E-state index in [1.165, 1.54) is 7.11 Å². The predicted molar refractivity (Wildman–Crippen MR) is 53.8 cm³/mol. The van der Waals surface area contributed by atoms with E-state index in [4.69, 9.17) is 5.73 Å². The largest absolute Gasteiger partial charge is 0.453 e. The van der Waals surface area contributed by atoms with Gasteiger partial charge in [-0.3, -0.25) is 0 Å². The fraction of sp³-hybridized carbons (Fsp3) is 0.300. The molecule has 0 heterocycles. The van der Waals surface area contributed by atoms with Gasteiger partial charge in [0.2, 0.25) is 0 Å². The van der Waals surface area contributed by atoms with Crippen LogP contribution in [0.1, 0.15) is 11.6 Å². The molecule has 1 unspecified atom stereocenters. The Balaban J connectivity index is 2.68. The molecule has 14 heavy (non-hydrogen) atoms. The maximum atomic E-state index is 11.0. The van der Waals surface area contributed by atoms with E-state index in [9.17, 15) is 4.79 Å². The summed E-state index contributed by atoms with van der Waals surface area (Å²) in [6.45, 7) is 0.346. The van der Waals surface area contributed by atoms with Crippen LogP contribution in [0.25, 0.3) is 0 Å². The first-order valence-electron chi connectivity index (χ1n) is 4.37. The number of rotatable bonds is 3. The van der Waals surface area contributed by atoms with Crippen molar-refractivity contribution < 1.29 is 9.53 Å². The molecule has 1 aromatic rings. The highest BCUT2D eigenvalue weighted by molar-refractivity contribution is 5.67. The summed E-state index contributed by atoms with van der Waals surface area (Å²) in [6, 6.07) is 9.34. The number of carbonyl (C=O) groups excluding carboxylic acids is 1. The molecule has 4 nitrogen and oxygen atoms in total. The van der Waals surface area contributed by atoms with Gasteiger partial charge in [0.15, 0.2) is 0 Å². The summed E-state index contributed by atoms with van der Waals surface area (Å²) >= 11 is 0. The average molecular weight is 194 g/mol. The second-order valence-corrected chi connectivity index (χ2v) is 2.83. The number of benzene rings is 1. The number of hydrogen-bond donors (Lipinski definition) is 2. The fourth-order valence-corrected chi connectivity index (χ4v) is 1.16. The molecule has 1 amide bonds. The molecule has 0 saturated carbocycles. The molecule has 0 aliphatic rings. The number of nitrogens with one attached hydrogen (secondary N) is 1. The predicted octanol–water partition coefficient (Wildman–Crippen LogP) is 1.04. The Morgan fingerprint density at radius 2 is 2.14 bits per heavy atom. The summed E-state index contributed by atoms with van der Waals surface area (Å²) in [4.78, 5) is 11.0. The molecule has 0 saturated heterocycles. The van der Waals surface area contributed by atoms with Gasteiger partial charge in [-0.1, -0.05) is 30.3 Å². The first-order chi connectivity index (χ1) is 6.77. The third-order valence-electron chi connectivity index (χ3n) is 1.92. The Morgan fingerprint density at radius 1 is 1.50 bits per heavy atom. The summed E-state index contributed by atoms with van der Waals surface area (Å²) in [5.41, 5.74) is 6.51. The van der Waals surface area contributed by atoms with E-state index in [0.717, 1.165) is 5.56 Å². The van der Waals surface area contributed by atoms with Crippen molar-refractivity contribution in [2.24, 2.45) is 5.73 Å². The van der Waals surface area contributed by atoms with E-state index in [-0.39, 0.29) is 6.04 Å². The van der Waals surface area contributed by atoms with Crippen LogP contribution in [-0.4, -0.2) is 19.7 Å². The van der Waals surface area contributed by atoms with Gasteiger partial charge in [-0.2, -0.15) is 0 Å². The summed E-state index contributed by atoms with van der Waals surface area (Å²) in [6.07, 6.45) is -0.468. The van der Waals surface area contributed by atoms with Crippen LogP contribution in [0.5, 0.6) is 0 Å². The van der Waals surface area contributed by atoms with E-state index in [2.05, 4.69) is 10.1 Å². The van der Waals surface area contributed by atoms with Crippen LogP contribution in [0.2, 0.25) is 0 Å². The van der Waals surface area contributed by atoms with Crippen LogP contribution < -0.4 is 11.1 Å². The van der Waals surface area contributed by atoms with Crippen LogP contribution in [0.4, 0.5) is 4.79 Å². The fourth-order valence-electron chi connectivity index (χ4n) is 1.16. The molecule has 1 atom stereocenters. The normalized spacial score (nSPS) is 11.9. The molecular weight excluding hydrogens is 180 g/mol. The first-order valence-corrected chi connectivity index (χ1v) is 4.37. The molecule has 1 aromatic carbocycles. The molecule has 4 heteroatoms. The van der Waals surface area contributed by atoms with Crippen LogP contribution >= 0.6 is 0 Å². The van der Waals surface area contributed by atoms with Gasteiger partial charge >= 0.3 is 6.09 Å². The van der Waals surface area contributed by atoms with Crippen LogP contribution in [0.3, 0.4) is 0 Å². The maximum Gasteiger partial charge on any atom is 0.407 e. The quantitative estimate of drug-likeness (QED) is 0.755. The van der Waals surface area contributed by atoms with Crippen LogP contribution in [-0.2, 0) is 4.74 Å². The monoisotopic (exact) mass is 194 g/mol. The second kappa shape index (κ2) is 5.24. The van der Waals surface area contributed by atoms with E-state index in [0.29, 0.717) is 6.54 Å². The van der Waals surface area contributed by atoms with Crippen molar-refractivity contribution >= 4 is 6.09 Å². The van der Waals surface area contributed by atoms with Crippen molar-refractivity contribution in [3.63, 3.8) is 0 Å². The number of hydrogen-bond acceptors (Lipinski definition) is 3. The number of amides is 1. The van der Waals surface area contributed by atoms with Gasteiger partial charge in [-0.05, 0) is 5.56 Å². The van der Waals surface area contributed by atoms with Crippen LogP contribution in [0, 0.1) is 0 Å². The lowest BCUT2D eigenvalue weighted by Gasteiger charge is -2.15. The van der Waals surface area contributed by atoms with Gasteiger partial charge < -0.3 is 15.8 Å². The molecule has 0 fully saturated rings. The van der Waals surface area contributed by atoms with Crippen molar-refractivity contribution in [1.29, 1.82) is 0 Å². The lowest BCUT2D eigenvalue weighted by atomic mass is 10.1. The van der Waals surface area contributed by atoms with E-state index < -0.39 is 6.09 Å². The minimum absolute atomic E-state index is 0.191. The highest BCUT2D eigenvalue weighted by Gasteiger charge is 2.11. The third kappa shape index (κ3) is 2.74. The Bertz CT molecular complexity index is 287. The number of nitrogens with two attached hydrogens (primary N) is 1. The Kier molecular flexibility index (Phi) is 3.94.